The molecular formula is C27H23FN2O5. The quantitative estimate of drug-likeness (QED) is 0.364. The highest BCUT2D eigenvalue weighted by molar-refractivity contribution is 6.14. The summed E-state index contributed by atoms with van der Waals surface area (Å²) in [5, 5.41) is 6.75. The number of amides is 2. The molecule has 4 aromatic rings. The topological polar surface area (TPSA) is 85.9 Å². The van der Waals surface area contributed by atoms with Crippen LogP contribution < -0.4 is 24.8 Å². The first-order valence-electron chi connectivity index (χ1n) is 10.7. The molecule has 0 aromatic heterocycles. The lowest BCUT2D eigenvalue weighted by molar-refractivity contribution is -0.118. The Bertz CT molecular complexity index is 1390. The molecule has 0 aliphatic carbocycles. The van der Waals surface area contributed by atoms with Gasteiger partial charge in [0.15, 0.2) is 6.61 Å². The highest BCUT2D eigenvalue weighted by Crippen LogP contribution is 2.31. The zero-order valence-corrected chi connectivity index (χ0v) is 19.1. The Morgan fingerprint density at radius 2 is 1.57 bits per heavy atom. The normalized spacial score (nSPS) is 10.5. The minimum absolute atomic E-state index is 0.265. The molecule has 8 heteroatoms. The molecule has 0 aliphatic heterocycles. The van der Waals surface area contributed by atoms with Crippen molar-refractivity contribution in [3.05, 3.63) is 90.2 Å². The van der Waals surface area contributed by atoms with Crippen LogP contribution in [0.4, 0.5) is 15.8 Å². The number of methoxy groups -OCH3 is 2. The molecule has 0 spiro atoms. The molecular weight excluding hydrogens is 451 g/mol. The van der Waals surface area contributed by atoms with E-state index in [1.165, 1.54) is 32.4 Å². The van der Waals surface area contributed by atoms with Crippen LogP contribution in [-0.2, 0) is 4.79 Å². The summed E-state index contributed by atoms with van der Waals surface area (Å²) in [5.74, 6) is 0.269. The number of hydrogen-bond acceptors (Lipinski definition) is 5. The lowest BCUT2D eigenvalue weighted by atomic mass is 10.0. The van der Waals surface area contributed by atoms with Gasteiger partial charge < -0.3 is 24.8 Å². The Balaban J connectivity index is 1.51. The molecule has 0 saturated heterocycles. The van der Waals surface area contributed by atoms with Gasteiger partial charge in [0.1, 0.15) is 23.1 Å². The fraction of sp³-hybridized carbons (Fsp3) is 0.111. The summed E-state index contributed by atoms with van der Waals surface area (Å²) in [4.78, 5) is 25.4. The first-order chi connectivity index (χ1) is 17.0. The lowest BCUT2D eigenvalue weighted by Gasteiger charge is -2.14. The third-order valence-corrected chi connectivity index (χ3v) is 5.25. The van der Waals surface area contributed by atoms with Crippen LogP contribution in [0.2, 0.25) is 0 Å². The molecule has 0 atom stereocenters. The van der Waals surface area contributed by atoms with E-state index in [0.717, 1.165) is 0 Å². The highest BCUT2D eigenvalue weighted by atomic mass is 19.1. The van der Waals surface area contributed by atoms with Crippen LogP contribution in [0.15, 0.2) is 78.9 Å². The molecule has 0 saturated carbocycles. The number of carbonyl (C=O) groups is 2. The Morgan fingerprint density at radius 1 is 0.800 bits per heavy atom. The van der Waals surface area contributed by atoms with E-state index in [1.807, 2.05) is 6.07 Å². The van der Waals surface area contributed by atoms with Crippen molar-refractivity contribution >= 4 is 34.0 Å². The standard InChI is InChI=1S/C27H23FN2O5/c1-33-19-10-12-25(34-2)23(15-19)30-26(31)16-35-24-13-11-22(20-8-3-4-9-21(20)24)27(32)29-18-7-5-6-17(28)14-18/h3-15H,16H2,1-2H3,(H,29,32)(H,30,31). The molecule has 0 radical (unpaired) electrons. The van der Waals surface area contributed by atoms with Crippen molar-refractivity contribution in [3.63, 3.8) is 0 Å². The van der Waals surface area contributed by atoms with Crippen LogP contribution in [0, 0.1) is 5.82 Å². The van der Waals surface area contributed by atoms with Crippen molar-refractivity contribution in [2.75, 3.05) is 31.5 Å². The number of nitrogens with one attached hydrogen (secondary N) is 2. The molecule has 4 rings (SSSR count). The van der Waals surface area contributed by atoms with Crippen LogP contribution in [0.25, 0.3) is 10.8 Å². The maximum Gasteiger partial charge on any atom is 0.262 e. The number of ether oxygens (including phenoxy) is 3. The second-order valence-corrected chi connectivity index (χ2v) is 7.52. The number of benzene rings is 4. The van der Waals surface area contributed by atoms with Gasteiger partial charge in [0.2, 0.25) is 0 Å². The largest absolute Gasteiger partial charge is 0.497 e. The molecule has 0 aliphatic rings. The van der Waals surface area contributed by atoms with Crippen LogP contribution in [0.1, 0.15) is 10.4 Å². The summed E-state index contributed by atoms with van der Waals surface area (Å²) in [6, 6.07) is 21.2. The monoisotopic (exact) mass is 474 g/mol. The van der Waals surface area contributed by atoms with E-state index >= 15 is 0 Å². The van der Waals surface area contributed by atoms with Gasteiger partial charge in [0.05, 0.1) is 19.9 Å². The van der Waals surface area contributed by atoms with E-state index in [9.17, 15) is 14.0 Å². The van der Waals surface area contributed by atoms with E-state index in [0.29, 0.717) is 45.0 Å². The lowest BCUT2D eigenvalue weighted by Crippen LogP contribution is -2.20. The van der Waals surface area contributed by atoms with Gasteiger partial charge in [0.25, 0.3) is 11.8 Å². The van der Waals surface area contributed by atoms with Gasteiger partial charge in [-0.1, -0.05) is 30.3 Å². The fourth-order valence-corrected chi connectivity index (χ4v) is 3.60. The predicted molar refractivity (Wildman–Crippen MR) is 132 cm³/mol. The maximum atomic E-state index is 13.5. The average molecular weight is 474 g/mol. The Morgan fingerprint density at radius 3 is 2.31 bits per heavy atom. The summed E-state index contributed by atoms with van der Waals surface area (Å²) in [5.41, 5.74) is 1.20. The zero-order chi connectivity index (χ0) is 24.8. The van der Waals surface area contributed by atoms with E-state index in [-0.39, 0.29) is 12.5 Å². The third-order valence-electron chi connectivity index (χ3n) is 5.25. The van der Waals surface area contributed by atoms with E-state index in [2.05, 4.69) is 10.6 Å². The maximum absolute atomic E-state index is 13.5. The Hall–Kier alpha value is -4.59. The summed E-state index contributed by atoms with van der Waals surface area (Å²) in [6.07, 6.45) is 0. The molecule has 4 aromatic carbocycles. The van der Waals surface area contributed by atoms with Gasteiger partial charge >= 0.3 is 0 Å². The molecule has 178 valence electrons. The fourth-order valence-electron chi connectivity index (χ4n) is 3.60. The van der Waals surface area contributed by atoms with Gasteiger partial charge in [-0.2, -0.15) is 0 Å². The highest BCUT2D eigenvalue weighted by Gasteiger charge is 2.15. The summed E-state index contributed by atoms with van der Waals surface area (Å²) < 4.78 is 29.7. The smallest absolute Gasteiger partial charge is 0.262 e. The van der Waals surface area contributed by atoms with Crippen LogP contribution >= 0.6 is 0 Å². The molecule has 0 unspecified atom stereocenters. The molecule has 2 amide bonds. The Kier molecular flexibility index (Phi) is 7.11. The predicted octanol–water partition coefficient (Wildman–Crippen LogP) is 5.27. The van der Waals surface area contributed by atoms with Crippen LogP contribution in [-0.4, -0.2) is 32.6 Å². The first kappa shape index (κ1) is 23.6. The average Bonchev–Trinajstić information content (AvgIpc) is 2.87. The molecule has 7 nitrogen and oxygen atoms in total. The second kappa shape index (κ2) is 10.6. The van der Waals surface area contributed by atoms with E-state index in [4.69, 9.17) is 14.2 Å². The molecule has 0 bridgehead atoms. The third kappa shape index (κ3) is 5.50. The number of fused-ring (bicyclic) bond motifs is 1. The SMILES string of the molecule is COc1ccc(OC)c(NC(=O)COc2ccc(C(=O)Nc3cccc(F)c3)c3ccccc23)c1. The zero-order valence-electron chi connectivity index (χ0n) is 19.1. The molecule has 0 heterocycles. The van der Waals surface area contributed by atoms with E-state index < -0.39 is 11.7 Å². The number of hydrogen-bond donors (Lipinski definition) is 2. The van der Waals surface area contributed by atoms with Gasteiger partial charge in [-0.3, -0.25) is 9.59 Å². The van der Waals surface area contributed by atoms with Crippen molar-refractivity contribution < 1.29 is 28.2 Å². The summed E-state index contributed by atoms with van der Waals surface area (Å²) in [7, 11) is 3.04. The number of halogens is 1. The van der Waals surface area contributed by atoms with Crippen molar-refractivity contribution in [3.8, 4) is 17.2 Å². The second-order valence-electron chi connectivity index (χ2n) is 7.52. The molecule has 35 heavy (non-hydrogen) atoms. The van der Waals surface area contributed by atoms with Crippen LogP contribution in [0.5, 0.6) is 17.2 Å². The minimum atomic E-state index is -0.443. The van der Waals surface area contributed by atoms with E-state index in [1.54, 1.807) is 54.6 Å². The first-order valence-corrected chi connectivity index (χ1v) is 10.7. The minimum Gasteiger partial charge on any atom is -0.497 e. The van der Waals surface area contributed by atoms with Gasteiger partial charge in [-0.05, 0) is 47.9 Å². The Labute approximate surface area is 201 Å². The van der Waals surface area contributed by atoms with Crippen LogP contribution in [0.3, 0.4) is 0 Å². The van der Waals surface area contributed by atoms with Gasteiger partial charge in [0, 0.05) is 22.7 Å². The van der Waals surface area contributed by atoms with Gasteiger partial charge in [-0.25, -0.2) is 4.39 Å². The number of anilines is 2. The van der Waals surface area contributed by atoms with Crippen molar-refractivity contribution in [1.82, 2.24) is 0 Å². The number of carbonyl (C=O) groups excluding carboxylic acids is 2. The molecule has 2 N–H and O–H groups in total. The van der Waals surface area contributed by atoms with Crippen molar-refractivity contribution in [1.29, 1.82) is 0 Å². The summed E-state index contributed by atoms with van der Waals surface area (Å²) >= 11 is 0. The van der Waals surface area contributed by atoms with Crippen molar-refractivity contribution in [2.45, 2.75) is 0 Å². The molecule has 0 fully saturated rings. The van der Waals surface area contributed by atoms with Gasteiger partial charge in [-0.15, -0.1) is 0 Å². The number of rotatable bonds is 8. The summed E-state index contributed by atoms with van der Waals surface area (Å²) in [6.45, 7) is -0.265. The van der Waals surface area contributed by atoms with Crippen molar-refractivity contribution in [2.24, 2.45) is 0 Å².